The number of halogens is 2. The molecule has 0 rings (SSSR count). The van der Waals surface area contributed by atoms with Gasteiger partial charge in [-0.3, -0.25) is 0 Å². The average molecular weight is 316 g/mol. The molecule has 0 radical (unpaired) electrons. The van der Waals surface area contributed by atoms with Gasteiger partial charge in [-0.1, -0.05) is 45.2 Å². The summed E-state index contributed by atoms with van der Waals surface area (Å²) in [6, 6.07) is 0. The normalized spacial score (nSPS) is 14.5. The van der Waals surface area contributed by atoms with Crippen molar-refractivity contribution in [3.05, 3.63) is 0 Å². The largest absolute Gasteiger partial charge is 0.382 e. The first-order valence-electron chi connectivity index (χ1n) is 4.79. The van der Waals surface area contributed by atoms with Crippen LogP contribution in [0, 0.1) is 5.41 Å². The fraction of sp³-hybridized carbons (Fsp3) is 1.00. The van der Waals surface area contributed by atoms with Crippen molar-refractivity contribution in [3.8, 4) is 0 Å². The minimum absolute atomic E-state index is 0.349. The monoisotopic (exact) mass is 314 g/mol. The van der Waals surface area contributed by atoms with E-state index < -0.39 is 0 Å². The predicted molar refractivity (Wildman–Crippen MR) is 66.0 cm³/mol. The Morgan fingerprint density at radius 3 is 2.15 bits per heavy atom. The van der Waals surface area contributed by atoms with E-state index in [1.807, 2.05) is 0 Å². The van der Waals surface area contributed by atoms with Crippen LogP contribution in [0.4, 0.5) is 0 Å². The number of ether oxygens (including phenoxy) is 1. The quantitative estimate of drug-likeness (QED) is 0.646. The van der Waals surface area contributed by atoms with Crippen LogP contribution in [0.25, 0.3) is 0 Å². The van der Waals surface area contributed by atoms with Crippen LogP contribution in [0.3, 0.4) is 0 Å². The van der Waals surface area contributed by atoms with Crippen LogP contribution in [-0.4, -0.2) is 23.9 Å². The number of hydrogen-bond acceptors (Lipinski definition) is 1. The summed E-state index contributed by atoms with van der Waals surface area (Å²) in [5, 5.41) is 2.10. The molecular formula is C10H20Br2O. The first-order valence-corrected chi connectivity index (χ1v) is 7.03. The van der Waals surface area contributed by atoms with Crippen molar-refractivity contribution in [2.75, 3.05) is 17.8 Å². The molecule has 0 saturated heterocycles. The van der Waals surface area contributed by atoms with Crippen LogP contribution in [0.5, 0.6) is 0 Å². The number of hydrogen-bond donors (Lipinski definition) is 0. The lowest BCUT2D eigenvalue weighted by atomic mass is 9.82. The topological polar surface area (TPSA) is 9.23 Å². The molecule has 13 heavy (non-hydrogen) atoms. The van der Waals surface area contributed by atoms with Crippen molar-refractivity contribution >= 4 is 31.9 Å². The molecular weight excluding hydrogens is 296 g/mol. The molecule has 0 fully saturated rings. The summed E-state index contributed by atoms with van der Waals surface area (Å²) in [7, 11) is 1.78. The van der Waals surface area contributed by atoms with E-state index in [1.165, 1.54) is 12.8 Å². The summed E-state index contributed by atoms with van der Waals surface area (Å²) in [4.78, 5) is 0. The van der Waals surface area contributed by atoms with Gasteiger partial charge >= 0.3 is 0 Å². The van der Waals surface area contributed by atoms with Crippen molar-refractivity contribution in [1.82, 2.24) is 0 Å². The second-order valence-corrected chi connectivity index (χ2v) is 4.89. The van der Waals surface area contributed by atoms with Crippen LogP contribution in [-0.2, 0) is 4.74 Å². The molecule has 1 atom stereocenters. The standard InChI is InChI=1S/C10H20Br2O/c1-4-5-10(7-11,8-12)6-9(2)13-3/h9H,4-8H2,1-3H3. The van der Waals surface area contributed by atoms with Crippen LogP contribution in [0.15, 0.2) is 0 Å². The summed E-state index contributed by atoms with van der Waals surface area (Å²) in [6.45, 7) is 4.37. The van der Waals surface area contributed by atoms with Crippen molar-refractivity contribution in [2.45, 2.75) is 39.2 Å². The summed E-state index contributed by atoms with van der Waals surface area (Å²) in [5.74, 6) is 0. The first kappa shape index (κ1) is 13.9. The summed E-state index contributed by atoms with van der Waals surface area (Å²) in [5.41, 5.74) is 0.365. The second kappa shape index (κ2) is 7.24. The highest BCUT2D eigenvalue weighted by Gasteiger charge is 2.28. The van der Waals surface area contributed by atoms with Gasteiger partial charge in [0.2, 0.25) is 0 Å². The Kier molecular flexibility index (Phi) is 7.76. The smallest absolute Gasteiger partial charge is 0.0549 e. The summed E-state index contributed by atoms with van der Waals surface area (Å²) in [6.07, 6.45) is 3.94. The van der Waals surface area contributed by atoms with Gasteiger partial charge in [-0.05, 0) is 25.2 Å². The maximum Gasteiger partial charge on any atom is 0.0549 e. The van der Waals surface area contributed by atoms with E-state index in [0.29, 0.717) is 11.5 Å². The molecule has 1 nitrogen and oxygen atoms in total. The molecule has 80 valence electrons. The third-order valence-corrected chi connectivity index (χ3v) is 4.85. The van der Waals surface area contributed by atoms with Gasteiger partial charge in [0.05, 0.1) is 6.10 Å². The molecule has 1 unspecified atom stereocenters. The van der Waals surface area contributed by atoms with Gasteiger partial charge < -0.3 is 4.74 Å². The van der Waals surface area contributed by atoms with E-state index in [-0.39, 0.29) is 0 Å². The lowest BCUT2D eigenvalue weighted by molar-refractivity contribution is 0.0760. The average Bonchev–Trinajstić information content (AvgIpc) is 2.17. The molecule has 0 aromatic carbocycles. The number of rotatable bonds is 7. The Bertz CT molecular complexity index is 124. The van der Waals surface area contributed by atoms with Crippen LogP contribution in [0.1, 0.15) is 33.1 Å². The Balaban J connectivity index is 4.19. The fourth-order valence-corrected chi connectivity index (χ4v) is 3.55. The highest BCUT2D eigenvalue weighted by atomic mass is 79.9. The van der Waals surface area contributed by atoms with E-state index in [2.05, 4.69) is 45.7 Å². The van der Waals surface area contributed by atoms with E-state index in [1.54, 1.807) is 7.11 Å². The zero-order valence-corrected chi connectivity index (χ0v) is 11.9. The van der Waals surface area contributed by atoms with Crippen LogP contribution < -0.4 is 0 Å². The highest BCUT2D eigenvalue weighted by molar-refractivity contribution is 9.09. The zero-order chi connectivity index (χ0) is 10.3. The molecule has 0 aliphatic carbocycles. The number of methoxy groups -OCH3 is 1. The molecule has 0 bridgehead atoms. The molecule has 0 aromatic rings. The van der Waals surface area contributed by atoms with Gasteiger partial charge in [0, 0.05) is 17.8 Å². The summed E-state index contributed by atoms with van der Waals surface area (Å²) < 4.78 is 5.31. The van der Waals surface area contributed by atoms with Crippen LogP contribution >= 0.6 is 31.9 Å². The van der Waals surface area contributed by atoms with Gasteiger partial charge in [0.25, 0.3) is 0 Å². The van der Waals surface area contributed by atoms with E-state index in [0.717, 1.165) is 17.1 Å². The molecule has 0 N–H and O–H groups in total. The van der Waals surface area contributed by atoms with Crippen molar-refractivity contribution in [2.24, 2.45) is 5.41 Å². The zero-order valence-electron chi connectivity index (χ0n) is 8.78. The Morgan fingerprint density at radius 1 is 1.31 bits per heavy atom. The van der Waals surface area contributed by atoms with Gasteiger partial charge in [-0.15, -0.1) is 0 Å². The molecule has 0 aliphatic rings. The van der Waals surface area contributed by atoms with Crippen molar-refractivity contribution < 1.29 is 4.74 Å². The molecule has 0 heterocycles. The SMILES string of the molecule is CCCC(CBr)(CBr)CC(C)OC. The van der Waals surface area contributed by atoms with Crippen molar-refractivity contribution in [1.29, 1.82) is 0 Å². The minimum Gasteiger partial charge on any atom is -0.382 e. The van der Waals surface area contributed by atoms with Gasteiger partial charge in [-0.25, -0.2) is 0 Å². The lowest BCUT2D eigenvalue weighted by Crippen LogP contribution is -2.29. The predicted octanol–water partition coefficient (Wildman–Crippen LogP) is 3.99. The first-order chi connectivity index (χ1) is 6.14. The van der Waals surface area contributed by atoms with Crippen molar-refractivity contribution in [3.63, 3.8) is 0 Å². The Hall–Kier alpha value is 0.920. The molecule has 0 spiro atoms. The maximum atomic E-state index is 5.31. The van der Waals surface area contributed by atoms with Gasteiger partial charge in [0.15, 0.2) is 0 Å². The number of alkyl halides is 2. The third-order valence-electron chi connectivity index (χ3n) is 2.47. The van der Waals surface area contributed by atoms with Gasteiger partial charge in [-0.2, -0.15) is 0 Å². The Morgan fingerprint density at radius 2 is 1.85 bits per heavy atom. The van der Waals surface area contributed by atoms with E-state index in [9.17, 15) is 0 Å². The van der Waals surface area contributed by atoms with Crippen LogP contribution in [0.2, 0.25) is 0 Å². The fourth-order valence-electron chi connectivity index (χ4n) is 1.60. The third kappa shape index (κ3) is 4.80. The molecule has 0 aromatic heterocycles. The minimum atomic E-state index is 0.349. The Labute approximate surface area is 98.9 Å². The second-order valence-electron chi connectivity index (χ2n) is 3.77. The molecule has 0 saturated carbocycles. The summed E-state index contributed by atoms with van der Waals surface area (Å²) >= 11 is 7.21. The molecule has 0 amide bonds. The lowest BCUT2D eigenvalue weighted by Gasteiger charge is -2.32. The van der Waals surface area contributed by atoms with Gasteiger partial charge in [0.1, 0.15) is 0 Å². The maximum absolute atomic E-state index is 5.31. The van der Waals surface area contributed by atoms with E-state index in [4.69, 9.17) is 4.74 Å². The molecule has 3 heteroatoms. The van der Waals surface area contributed by atoms with E-state index >= 15 is 0 Å². The highest BCUT2D eigenvalue weighted by Crippen LogP contribution is 2.34. The molecule has 0 aliphatic heterocycles.